The van der Waals surface area contributed by atoms with Crippen LogP contribution in [0.4, 0.5) is 11.4 Å². The van der Waals surface area contributed by atoms with Gasteiger partial charge < -0.3 is 4.90 Å². The summed E-state index contributed by atoms with van der Waals surface area (Å²) in [5, 5.41) is 0. The van der Waals surface area contributed by atoms with Crippen LogP contribution < -0.4 is 9.80 Å². The van der Waals surface area contributed by atoms with Gasteiger partial charge in [0.15, 0.2) is 4.32 Å². The topological polar surface area (TPSA) is 23.6 Å². The van der Waals surface area contributed by atoms with Crippen LogP contribution in [0.1, 0.15) is 31.9 Å². The van der Waals surface area contributed by atoms with Crippen LogP contribution in [0, 0.1) is 0 Å². The summed E-state index contributed by atoms with van der Waals surface area (Å²) in [5.74, 6) is -0.0671. The summed E-state index contributed by atoms with van der Waals surface area (Å²) in [7, 11) is 3.98. The molecule has 27 heavy (non-hydrogen) atoms. The molecular formula is C22H24N2OS2. The van der Waals surface area contributed by atoms with Crippen LogP contribution in [0.2, 0.25) is 0 Å². The number of thioether (sulfide) groups is 1. The fourth-order valence-electron chi connectivity index (χ4n) is 2.82. The van der Waals surface area contributed by atoms with E-state index in [4.69, 9.17) is 12.2 Å². The van der Waals surface area contributed by atoms with Gasteiger partial charge in [-0.25, -0.2) is 0 Å². The predicted molar refractivity (Wildman–Crippen MR) is 122 cm³/mol. The van der Waals surface area contributed by atoms with Gasteiger partial charge in [0.2, 0.25) is 0 Å². The molecule has 2 aromatic carbocycles. The van der Waals surface area contributed by atoms with Gasteiger partial charge in [-0.2, -0.15) is 0 Å². The van der Waals surface area contributed by atoms with E-state index in [9.17, 15) is 4.79 Å². The molecule has 1 aliphatic heterocycles. The highest BCUT2D eigenvalue weighted by Crippen LogP contribution is 2.36. The Bertz CT molecular complexity index is 891. The summed E-state index contributed by atoms with van der Waals surface area (Å²) in [6.07, 6.45) is 1.92. The molecule has 0 bridgehead atoms. The van der Waals surface area contributed by atoms with Crippen LogP contribution in [0.5, 0.6) is 0 Å². The number of hydrogen-bond acceptors (Lipinski definition) is 4. The molecule has 1 saturated heterocycles. The summed E-state index contributed by atoms with van der Waals surface area (Å²) in [6.45, 7) is 6.57. The minimum Gasteiger partial charge on any atom is -0.378 e. The van der Waals surface area contributed by atoms with Crippen molar-refractivity contribution in [3.05, 3.63) is 64.6 Å². The second-order valence-corrected chi connectivity index (χ2v) is 9.48. The fourth-order valence-corrected chi connectivity index (χ4v) is 4.12. The molecular weight excluding hydrogens is 372 g/mol. The summed E-state index contributed by atoms with van der Waals surface area (Å²) in [4.78, 5) is 17.2. The molecule has 0 N–H and O–H groups in total. The quantitative estimate of drug-likeness (QED) is 0.508. The second-order valence-electron chi connectivity index (χ2n) is 7.80. The number of rotatable bonds is 3. The monoisotopic (exact) mass is 396 g/mol. The van der Waals surface area contributed by atoms with Gasteiger partial charge >= 0.3 is 0 Å². The number of benzene rings is 2. The van der Waals surface area contributed by atoms with Gasteiger partial charge in [0.25, 0.3) is 5.91 Å². The first-order chi connectivity index (χ1) is 12.7. The largest absolute Gasteiger partial charge is 0.378 e. The van der Waals surface area contributed by atoms with Gasteiger partial charge in [-0.15, -0.1) is 0 Å². The van der Waals surface area contributed by atoms with E-state index in [1.54, 1.807) is 4.90 Å². The Morgan fingerprint density at radius 1 is 1.00 bits per heavy atom. The van der Waals surface area contributed by atoms with Crippen molar-refractivity contribution in [1.29, 1.82) is 0 Å². The van der Waals surface area contributed by atoms with Gasteiger partial charge in [0.1, 0.15) is 0 Å². The Labute approximate surface area is 171 Å². The van der Waals surface area contributed by atoms with E-state index in [2.05, 4.69) is 45.0 Å². The number of anilines is 2. The Hall–Kier alpha value is -2.11. The first-order valence-electron chi connectivity index (χ1n) is 8.83. The third-order valence-electron chi connectivity index (χ3n) is 4.49. The lowest BCUT2D eigenvalue weighted by Gasteiger charge is -2.18. The van der Waals surface area contributed by atoms with E-state index in [1.165, 1.54) is 17.3 Å². The van der Waals surface area contributed by atoms with E-state index < -0.39 is 0 Å². The minimum atomic E-state index is -0.0671. The molecule has 0 aliphatic carbocycles. The van der Waals surface area contributed by atoms with E-state index in [0.29, 0.717) is 9.23 Å². The maximum Gasteiger partial charge on any atom is 0.270 e. The number of nitrogens with zero attached hydrogens (tertiary/aromatic N) is 2. The smallest absolute Gasteiger partial charge is 0.270 e. The van der Waals surface area contributed by atoms with Crippen molar-refractivity contribution in [3.63, 3.8) is 0 Å². The molecule has 0 atom stereocenters. The normalized spacial score (nSPS) is 16.3. The molecule has 1 fully saturated rings. The van der Waals surface area contributed by atoms with Crippen LogP contribution in [0.15, 0.2) is 53.4 Å². The molecule has 5 heteroatoms. The molecule has 1 heterocycles. The van der Waals surface area contributed by atoms with Gasteiger partial charge in [0, 0.05) is 19.8 Å². The van der Waals surface area contributed by atoms with Crippen LogP contribution >= 0.6 is 24.0 Å². The fraction of sp³-hybridized carbons (Fsp3) is 0.273. The number of thiocarbonyl (C=S) groups is 1. The zero-order valence-corrected chi connectivity index (χ0v) is 17.9. The molecule has 0 spiro atoms. The van der Waals surface area contributed by atoms with Gasteiger partial charge in [-0.05, 0) is 46.9 Å². The Morgan fingerprint density at radius 3 is 2.11 bits per heavy atom. The van der Waals surface area contributed by atoms with Crippen LogP contribution in [-0.4, -0.2) is 24.3 Å². The third-order valence-corrected chi connectivity index (χ3v) is 5.79. The average Bonchev–Trinajstić information content (AvgIpc) is 2.88. The molecule has 2 aromatic rings. The first kappa shape index (κ1) is 19.6. The van der Waals surface area contributed by atoms with Crippen LogP contribution in [0.3, 0.4) is 0 Å². The van der Waals surface area contributed by atoms with Crippen molar-refractivity contribution < 1.29 is 4.79 Å². The van der Waals surface area contributed by atoms with Crippen molar-refractivity contribution in [1.82, 2.24) is 0 Å². The number of carbonyl (C=O) groups excluding carboxylic acids is 1. The maximum atomic E-state index is 12.9. The number of amides is 1. The standard InChI is InChI=1S/C22H24N2OS2/c1-22(2,3)16-8-6-15(7-9-16)14-19-20(25)24(21(26)27-19)18-12-10-17(11-13-18)23(4)5/h6-14H,1-5H3/b19-14-. The zero-order valence-electron chi connectivity index (χ0n) is 16.3. The number of hydrogen-bond donors (Lipinski definition) is 0. The van der Waals surface area contributed by atoms with Gasteiger partial charge in [-0.1, -0.05) is 69.0 Å². The van der Waals surface area contributed by atoms with Crippen molar-refractivity contribution in [2.45, 2.75) is 26.2 Å². The summed E-state index contributed by atoms with van der Waals surface area (Å²) >= 11 is 6.81. The molecule has 140 valence electrons. The van der Waals surface area contributed by atoms with Crippen LogP contribution in [-0.2, 0) is 10.2 Å². The lowest BCUT2D eigenvalue weighted by Crippen LogP contribution is -2.27. The highest BCUT2D eigenvalue weighted by Gasteiger charge is 2.33. The van der Waals surface area contributed by atoms with E-state index in [0.717, 1.165) is 16.9 Å². The molecule has 3 rings (SSSR count). The lowest BCUT2D eigenvalue weighted by molar-refractivity contribution is -0.113. The molecule has 1 amide bonds. The summed E-state index contributed by atoms with van der Waals surface area (Å²) < 4.78 is 0.565. The molecule has 1 aliphatic rings. The minimum absolute atomic E-state index is 0.0671. The van der Waals surface area contributed by atoms with Crippen molar-refractivity contribution in [3.8, 4) is 0 Å². The van der Waals surface area contributed by atoms with E-state index in [-0.39, 0.29) is 11.3 Å². The van der Waals surface area contributed by atoms with E-state index >= 15 is 0 Å². The van der Waals surface area contributed by atoms with Crippen LogP contribution in [0.25, 0.3) is 6.08 Å². The molecule has 3 nitrogen and oxygen atoms in total. The average molecular weight is 397 g/mol. The van der Waals surface area contributed by atoms with Crippen molar-refractivity contribution >= 4 is 51.7 Å². The molecule has 0 aromatic heterocycles. The maximum absolute atomic E-state index is 12.9. The summed E-state index contributed by atoms with van der Waals surface area (Å²) in [5.41, 5.74) is 4.27. The highest BCUT2D eigenvalue weighted by molar-refractivity contribution is 8.27. The first-order valence-corrected chi connectivity index (χ1v) is 10.1. The predicted octanol–water partition coefficient (Wildman–Crippen LogP) is 5.46. The van der Waals surface area contributed by atoms with Gasteiger partial charge in [0.05, 0.1) is 10.6 Å². The number of carbonyl (C=O) groups is 1. The Balaban J connectivity index is 1.84. The summed E-state index contributed by atoms with van der Waals surface area (Å²) in [6, 6.07) is 16.2. The Morgan fingerprint density at radius 2 is 1.59 bits per heavy atom. The second kappa shape index (κ2) is 7.49. The van der Waals surface area contributed by atoms with Gasteiger partial charge in [-0.3, -0.25) is 9.69 Å². The highest BCUT2D eigenvalue weighted by atomic mass is 32.2. The lowest BCUT2D eigenvalue weighted by atomic mass is 9.87. The zero-order chi connectivity index (χ0) is 19.8. The molecule has 0 unspecified atom stereocenters. The van der Waals surface area contributed by atoms with E-state index in [1.807, 2.05) is 49.3 Å². The third kappa shape index (κ3) is 4.25. The Kier molecular flexibility index (Phi) is 5.45. The SMILES string of the molecule is CN(C)c1ccc(N2C(=O)/C(=C/c3ccc(C(C)(C)C)cc3)SC2=S)cc1. The van der Waals surface area contributed by atoms with Crippen molar-refractivity contribution in [2.24, 2.45) is 0 Å². The molecule has 0 saturated carbocycles. The molecule has 0 radical (unpaired) electrons. The van der Waals surface area contributed by atoms with Crippen molar-refractivity contribution in [2.75, 3.05) is 23.9 Å².